The third-order valence-electron chi connectivity index (χ3n) is 3.41. The highest BCUT2D eigenvalue weighted by atomic mass is 15.3. The van der Waals surface area contributed by atoms with Crippen LogP contribution < -0.4 is 10.2 Å². The van der Waals surface area contributed by atoms with Gasteiger partial charge in [-0.05, 0) is 11.6 Å². The van der Waals surface area contributed by atoms with Crippen LogP contribution in [0.4, 0.5) is 5.95 Å². The zero-order valence-corrected chi connectivity index (χ0v) is 12.5. The van der Waals surface area contributed by atoms with Gasteiger partial charge in [-0.25, -0.2) is 9.97 Å². The van der Waals surface area contributed by atoms with Gasteiger partial charge in [-0.3, -0.25) is 4.90 Å². The van der Waals surface area contributed by atoms with Crippen molar-refractivity contribution >= 4 is 5.95 Å². The van der Waals surface area contributed by atoms with Gasteiger partial charge in [-0.1, -0.05) is 20.4 Å². The van der Waals surface area contributed by atoms with Gasteiger partial charge < -0.3 is 10.2 Å². The molecule has 1 aromatic heterocycles. The van der Waals surface area contributed by atoms with Crippen LogP contribution in [0.5, 0.6) is 0 Å². The molecule has 1 fully saturated rings. The van der Waals surface area contributed by atoms with Gasteiger partial charge in [-0.15, -0.1) is 0 Å². The predicted octanol–water partition coefficient (Wildman–Crippen LogP) is 1.15. The summed E-state index contributed by atoms with van der Waals surface area (Å²) in [6.45, 7) is 14.4. The molecule has 110 valence electrons. The van der Waals surface area contributed by atoms with Gasteiger partial charge in [0.1, 0.15) is 0 Å². The van der Waals surface area contributed by atoms with Gasteiger partial charge >= 0.3 is 0 Å². The lowest BCUT2D eigenvalue weighted by Crippen LogP contribution is -2.47. The molecule has 0 aliphatic carbocycles. The Balaban J connectivity index is 1.73. The lowest BCUT2D eigenvalue weighted by atomic mass is 10.2. The molecule has 1 aliphatic heterocycles. The third-order valence-corrected chi connectivity index (χ3v) is 3.41. The largest absolute Gasteiger partial charge is 0.338 e. The minimum atomic E-state index is 0.513. The minimum absolute atomic E-state index is 0.513. The van der Waals surface area contributed by atoms with Crippen LogP contribution in [0.1, 0.15) is 13.8 Å². The van der Waals surface area contributed by atoms with E-state index in [4.69, 9.17) is 0 Å². The van der Waals surface area contributed by atoms with Crippen molar-refractivity contribution in [1.82, 2.24) is 20.2 Å². The molecule has 1 saturated heterocycles. The van der Waals surface area contributed by atoms with Crippen molar-refractivity contribution in [2.75, 3.05) is 44.2 Å². The van der Waals surface area contributed by atoms with E-state index in [1.165, 1.54) is 5.57 Å². The van der Waals surface area contributed by atoms with E-state index in [1.54, 1.807) is 12.4 Å². The van der Waals surface area contributed by atoms with Gasteiger partial charge in [0.05, 0.1) is 0 Å². The summed E-state index contributed by atoms with van der Waals surface area (Å²) in [5, 5.41) is 3.41. The van der Waals surface area contributed by atoms with Gasteiger partial charge in [0.2, 0.25) is 5.95 Å². The Hall–Kier alpha value is -1.46. The second-order valence-corrected chi connectivity index (χ2v) is 5.60. The van der Waals surface area contributed by atoms with Crippen LogP contribution >= 0.6 is 0 Å². The van der Waals surface area contributed by atoms with E-state index in [1.807, 2.05) is 6.07 Å². The van der Waals surface area contributed by atoms with Gasteiger partial charge in [-0.2, -0.15) is 0 Å². The first kappa shape index (κ1) is 14.9. The number of aromatic nitrogens is 2. The lowest BCUT2D eigenvalue weighted by molar-refractivity contribution is 0.275. The molecule has 2 heterocycles. The Morgan fingerprint density at radius 2 is 1.90 bits per heavy atom. The molecule has 20 heavy (non-hydrogen) atoms. The second-order valence-electron chi connectivity index (χ2n) is 5.60. The van der Waals surface area contributed by atoms with Gasteiger partial charge in [0, 0.05) is 57.7 Å². The molecule has 1 aliphatic rings. The number of rotatable bonds is 6. The molecular weight excluding hydrogens is 250 g/mol. The number of hydrogen-bond donors (Lipinski definition) is 1. The maximum absolute atomic E-state index is 4.31. The monoisotopic (exact) mass is 275 g/mol. The molecule has 1 aromatic rings. The predicted molar refractivity (Wildman–Crippen MR) is 83.0 cm³/mol. The van der Waals surface area contributed by atoms with E-state index < -0.39 is 0 Å². The highest BCUT2D eigenvalue weighted by Crippen LogP contribution is 2.10. The normalized spacial score (nSPS) is 16.6. The molecule has 5 heteroatoms. The summed E-state index contributed by atoms with van der Waals surface area (Å²) in [4.78, 5) is 13.3. The Morgan fingerprint density at radius 3 is 2.50 bits per heavy atom. The van der Waals surface area contributed by atoms with Gasteiger partial charge in [0.15, 0.2) is 0 Å². The quantitative estimate of drug-likeness (QED) is 0.789. The molecule has 0 unspecified atom stereocenters. The van der Waals surface area contributed by atoms with E-state index in [0.29, 0.717) is 6.04 Å². The van der Waals surface area contributed by atoms with Crippen LogP contribution in [0.3, 0.4) is 0 Å². The number of piperazine rings is 1. The topological polar surface area (TPSA) is 44.3 Å². The molecule has 0 bridgehead atoms. The number of nitrogens with zero attached hydrogens (tertiary/aromatic N) is 4. The van der Waals surface area contributed by atoms with Crippen LogP contribution in [-0.4, -0.2) is 60.2 Å². The highest BCUT2D eigenvalue weighted by molar-refractivity contribution is 5.29. The van der Waals surface area contributed by atoms with Crippen molar-refractivity contribution in [1.29, 1.82) is 0 Å². The Labute approximate surface area is 121 Å². The Morgan fingerprint density at radius 1 is 1.25 bits per heavy atom. The maximum atomic E-state index is 4.31. The first-order chi connectivity index (χ1) is 9.65. The molecular formula is C15H25N5. The van der Waals surface area contributed by atoms with Crippen molar-refractivity contribution in [2.45, 2.75) is 19.9 Å². The summed E-state index contributed by atoms with van der Waals surface area (Å²) in [5.41, 5.74) is 1.25. The number of anilines is 1. The first-order valence-corrected chi connectivity index (χ1v) is 7.29. The van der Waals surface area contributed by atoms with E-state index >= 15 is 0 Å². The zero-order chi connectivity index (χ0) is 14.4. The number of nitrogens with one attached hydrogen (secondary N) is 1. The summed E-state index contributed by atoms with van der Waals surface area (Å²) < 4.78 is 0. The SMILES string of the molecule is C=C(CNC(C)C)CN1CCN(c2ncccn2)CC1. The fraction of sp³-hybridized carbons (Fsp3) is 0.600. The summed E-state index contributed by atoms with van der Waals surface area (Å²) >= 11 is 0. The van der Waals surface area contributed by atoms with E-state index in [-0.39, 0.29) is 0 Å². The van der Waals surface area contributed by atoms with E-state index in [2.05, 4.69) is 45.5 Å². The molecule has 0 spiro atoms. The second kappa shape index (κ2) is 7.36. The molecule has 0 aromatic carbocycles. The highest BCUT2D eigenvalue weighted by Gasteiger charge is 2.18. The third kappa shape index (κ3) is 4.58. The van der Waals surface area contributed by atoms with Crippen molar-refractivity contribution in [3.05, 3.63) is 30.6 Å². The minimum Gasteiger partial charge on any atom is -0.338 e. The lowest BCUT2D eigenvalue weighted by Gasteiger charge is -2.35. The van der Waals surface area contributed by atoms with Gasteiger partial charge in [0.25, 0.3) is 0 Å². The molecule has 0 radical (unpaired) electrons. The smallest absolute Gasteiger partial charge is 0.225 e. The Bertz CT molecular complexity index is 410. The van der Waals surface area contributed by atoms with E-state index in [9.17, 15) is 0 Å². The Kier molecular flexibility index (Phi) is 5.49. The standard InChI is InChI=1S/C15H25N5/c1-13(2)18-11-14(3)12-19-7-9-20(10-8-19)15-16-5-4-6-17-15/h4-6,13,18H,3,7-12H2,1-2H3. The molecule has 2 rings (SSSR count). The molecule has 0 saturated carbocycles. The number of hydrogen-bond acceptors (Lipinski definition) is 5. The average molecular weight is 275 g/mol. The summed E-state index contributed by atoms with van der Waals surface area (Å²) in [6.07, 6.45) is 3.60. The molecule has 5 nitrogen and oxygen atoms in total. The van der Waals surface area contributed by atoms with E-state index in [0.717, 1.165) is 45.2 Å². The van der Waals surface area contributed by atoms with Crippen molar-refractivity contribution in [3.8, 4) is 0 Å². The van der Waals surface area contributed by atoms with Crippen LogP contribution in [0.25, 0.3) is 0 Å². The van der Waals surface area contributed by atoms with Crippen molar-refractivity contribution in [3.63, 3.8) is 0 Å². The zero-order valence-electron chi connectivity index (χ0n) is 12.5. The fourth-order valence-corrected chi connectivity index (χ4v) is 2.28. The van der Waals surface area contributed by atoms with Crippen LogP contribution in [-0.2, 0) is 0 Å². The summed E-state index contributed by atoms with van der Waals surface area (Å²) in [5.74, 6) is 0.840. The fourth-order valence-electron chi connectivity index (χ4n) is 2.28. The van der Waals surface area contributed by atoms with Crippen LogP contribution in [0, 0.1) is 0 Å². The summed E-state index contributed by atoms with van der Waals surface area (Å²) in [7, 11) is 0. The first-order valence-electron chi connectivity index (χ1n) is 7.29. The molecule has 1 N–H and O–H groups in total. The summed E-state index contributed by atoms with van der Waals surface area (Å²) in [6, 6.07) is 2.37. The molecule has 0 amide bonds. The van der Waals surface area contributed by atoms with Crippen molar-refractivity contribution < 1.29 is 0 Å². The molecule has 0 atom stereocenters. The van der Waals surface area contributed by atoms with Crippen LogP contribution in [0.15, 0.2) is 30.6 Å². The van der Waals surface area contributed by atoms with Crippen molar-refractivity contribution in [2.24, 2.45) is 0 Å². The average Bonchev–Trinajstić information content (AvgIpc) is 2.47. The maximum Gasteiger partial charge on any atom is 0.225 e. The van der Waals surface area contributed by atoms with Crippen LogP contribution in [0.2, 0.25) is 0 Å².